The van der Waals surface area contributed by atoms with E-state index in [1.807, 2.05) is 47.4 Å². The standard InChI is InChI=1S/C19H21NO4/c1-22-16-8-6-14(7-9-16)18-13-20(10-11-24-18)19(21)15-4-3-5-17(12-15)23-2/h3-9,12,18H,10-11,13H2,1-2H3. The smallest absolute Gasteiger partial charge is 0.254 e. The molecule has 0 radical (unpaired) electrons. The highest BCUT2D eigenvalue weighted by atomic mass is 16.5. The summed E-state index contributed by atoms with van der Waals surface area (Å²) in [4.78, 5) is 14.6. The molecule has 0 saturated carbocycles. The van der Waals surface area contributed by atoms with Gasteiger partial charge in [-0.15, -0.1) is 0 Å². The van der Waals surface area contributed by atoms with Crippen LogP contribution in [0.3, 0.4) is 0 Å². The molecule has 0 aromatic heterocycles. The molecule has 1 aliphatic heterocycles. The molecular formula is C19H21NO4. The molecule has 5 nitrogen and oxygen atoms in total. The fourth-order valence-corrected chi connectivity index (χ4v) is 2.79. The predicted octanol–water partition coefficient (Wildman–Crippen LogP) is 2.92. The number of hydrogen-bond acceptors (Lipinski definition) is 4. The third-order valence-electron chi connectivity index (χ3n) is 4.16. The van der Waals surface area contributed by atoms with Crippen LogP contribution in [-0.4, -0.2) is 44.7 Å². The van der Waals surface area contributed by atoms with E-state index < -0.39 is 0 Å². The number of carbonyl (C=O) groups is 1. The van der Waals surface area contributed by atoms with E-state index in [0.29, 0.717) is 31.0 Å². The number of ether oxygens (including phenoxy) is 3. The predicted molar refractivity (Wildman–Crippen MR) is 90.6 cm³/mol. The number of rotatable bonds is 4. The number of hydrogen-bond donors (Lipinski definition) is 0. The van der Waals surface area contributed by atoms with Crippen LogP contribution in [-0.2, 0) is 4.74 Å². The SMILES string of the molecule is COc1ccc(C2CN(C(=O)c3cccc(OC)c3)CCO2)cc1. The molecule has 1 aliphatic rings. The van der Waals surface area contributed by atoms with E-state index in [2.05, 4.69) is 0 Å². The van der Waals surface area contributed by atoms with Crippen molar-refractivity contribution in [3.63, 3.8) is 0 Å². The molecule has 24 heavy (non-hydrogen) atoms. The molecule has 0 spiro atoms. The molecule has 0 bridgehead atoms. The molecule has 5 heteroatoms. The van der Waals surface area contributed by atoms with E-state index in [9.17, 15) is 4.79 Å². The largest absolute Gasteiger partial charge is 0.497 e. The fourth-order valence-electron chi connectivity index (χ4n) is 2.79. The van der Waals surface area contributed by atoms with Gasteiger partial charge in [-0.25, -0.2) is 0 Å². The lowest BCUT2D eigenvalue weighted by molar-refractivity contribution is -0.0228. The summed E-state index contributed by atoms with van der Waals surface area (Å²) in [6, 6.07) is 15.0. The maximum atomic E-state index is 12.7. The lowest BCUT2D eigenvalue weighted by Crippen LogP contribution is -2.42. The molecule has 0 N–H and O–H groups in total. The topological polar surface area (TPSA) is 48.0 Å². The van der Waals surface area contributed by atoms with E-state index >= 15 is 0 Å². The van der Waals surface area contributed by atoms with Gasteiger partial charge >= 0.3 is 0 Å². The average molecular weight is 327 g/mol. The zero-order chi connectivity index (χ0) is 16.9. The maximum absolute atomic E-state index is 12.7. The van der Waals surface area contributed by atoms with E-state index in [0.717, 1.165) is 11.3 Å². The summed E-state index contributed by atoms with van der Waals surface area (Å²) in [5, 5.41) is 0. The van der Waals surface area contributed by atoms with Gasteiger partial charge in [-0.3, -0.25) is 4.79 Å². The minimum absolute atomic E-state index is 0.00397. The zero-order valence-electron chi connectivity index (χ0n) is 13.9. The van der Waals surface area contributed by atoms with Crippen LogP contribution in [0, 0.1) is 0 Å². The molecule has 1 amide bonds. The van der Waals surface area contributed by atoms with Gasteiger partial charge in [-0.2, -0.15) is 0 Å². The highest BCUT2D eigenvalue weighted by molar-refractivity contribution is 5.94. The molecule has 126 valence electrons. The number of nitrogens with zero attached hydrogens (tertiary/aromatic N) is 1. The van der Waals surface area contributed by atoms with Crippen molar-refractivity contribution >= 4 is 5.91 Å². The number of benzene rings is 2. The van der Waals surface area contributed by atoms with E-state index in [-0.39, 0.29) is 12.0 Å². The molecule has 2 aromatic rings. The molecular weight excluding hydrogens is 306 g/mol. The third-order valence-corrected chi connectivity index (χ3v) is 4.16. The Hall–Kier alpha value is -2.53. The van der Waals surface area contributed by atoms with Crippen LogP contribution >= 0.6 is 0 Å². The normalized spacial score (nSPS) is 17.4. The summed E-state index contributed by atoms with van der Waals surface area (Å²) in [6.45, 7) is 1.64. The lowest BCUT2D eigenvalue weighted by Gasteiger charge is -2.33. The van der Waals surface area contributed by atoms with Crippen LogP contribution in [0.15, 0.2) is 48.5 Å². The molecule has 1 saturated heterocycles. The van der Waals surface area contributed by atoms with Gasteiger partial charge in [0.05, 0.1) is 27.4 Å². The first-order valence-electron chi connectivity index (χ1n) is 7.90. The first kappa shape index (κ1) is 16.3. The monoisotopic (exact) mass is 327 g/mol. The van der Waals surface area contributed by atoms with Gasteiger partial charge in [0.1, 0.15) is 17.6 Å². The Morgan fingerprint density at radius 2 is 1.83 bits per heavy atom. The van der Waals surface area contributed by atoms with Crippen molar-refractivity contribution in [3.05, 3.63) is 59.7 Å². The Labute approximate surface area is 141 Å². The van der Waals surface area contributed by atoms with Crippen molar-refractivity contribution in [2.75, 3.05) is 33.9 Å². The Kier molecular flexibility index (Phi) is 5.01. The molecule has 2 aromatic carbocycles. The Bertz CT molecular complexity index is 699. The van der Waals surface area contributed by atoms with Gasteiger partial charge in [-0.05, 0) is 35.9 Å². The van der Waals surface area contributed by atoms with Crippen molar-refractivity contribution in [3.8, 4) is 11.5 Å². The zero-order valence-corrected chi connectivity index (χ0v) is 13.9. The van der Waals surface area contributed by atoms with E-state index in [4.69, 9.17) is 14.2 Å². The number of morpholine rings is 1. The molecule has 0 aliphatic carbocycles. The maximum Gasteiger partial charge on any atom is 0.254 e. The van der Waals surface area contributed by atoms with E-state index in [1.54, 1.807) is 20.3 Å². The van der Waals surface area contributed by atoms with Crippen molar-refractivity contribution in [1.82, 2.24) is 4.90 Å². The molecule has 1 unspecified atom stereocenters. The fraction of sp³-hybridized carbons (Fsp3) is 0.316. The summed E-state index contributed by atoms with van der Waals surface area (Å²) >= 11 is 0. The van der Waals surface area contributed by atoms with Crippen LogP contribution in [0.25, 0.3) is 0 Å². The molecule has 1 atom stereocenters. The summed E-state index contributed by atoms with van der Waals surface area (Å²) in [5.74, 6) is 1.48. The Morgan fingerprint density at radius 3 is 2.54 bits per heavy atom. The third kappa shape index (κ3) is 3.51. The highest BCUT2D eigenvalue weighted by Gasteiger charge is 2.26. The van der Waals surface area contributed by atoms with Crippen LogP contribution in [0.4, 0.5) is 0 Å². The van der Waals surface area contributed by atoms with Crippen LogP contribution in [0.1, 0.15) is 22.0 Å². The summed E-state index contributed by atoms with van der Waals surface area (Å²) in [6.07, 6.45) is -0.126. The van der Waals surface area contributed by atoms with Crippen LogP contribution in [0.5, 0.6) is 11.5 Å². The first-order valence-corrected chi connectivity index (χ1v) is 7.90. The summed E-state index contributed by atoms with van der Waals surface area (Å²) < 4.78 is 16.2. The lowest BCUT2D eigenvalue weighted by atomic mass is 10.1. The number of carbonyl (C=O) groups excluding carboxylic acids is 1. The van der Waals surface area contributed by atoms with Gasteiger partial charge in [0.15, 0.2) is 0 Å². The second-order valence-corrected chi connectivity index (χ2v) is 5.62. The van der Waals surface area contributed by atoms with Crippen molar-refractivity contribution in [2.45, 2.75) is 6.10 Å². The molecule has 1 fully saturated rings. The van der Waals surface area contributed by atoms with Gasteiger partial charge < -0.3 is 19.1 Å². The number of amides is 1. The minimum atomic E-state index is -0.126. The second kappa shape index (κ2) is 7.36. The number of methoxy groups -OCH3 is 2. The van der Waals surface area contributed by atoms with Crippen LogP contribution in [0.2, 0.25) is 0 Å². The first-order chi connectivity index (χ1) is 11.7. The highest BCUT2D eigenvalue weighted by Crippen LogP contribution is 2.25. The van der Waals surface area contributed by atoms with Gasteiger partial charge in [0.25, 0.3) is 5.91 Å². The average Bonchev–Trinajstić information content (AvgIpc) is 2.67. The molecule has 1 heterocycles. The van der Waals surface area contributed by atoms with Crippen molar-refractivity contribution in [2.24, 2.45) is 0 Å². The summed E-state index contributed by atoms with van der Waals surface area (Å²) in [5.41, 5.74) is 1.67. The second-order valence-electron chi connectivity index (χ2n) is 5.62. The van der Waals surface area contributed by atoms with Gasteiger partial charge in [0.2, 0.25) is 0 Å². The van der Waals surface area contributed by atoms with E-state index in [1.165, 1.54) is 0 Å². The minimum Gasteiger partial charge on any atom is -0.497 e. The quantitative estimate of drug-likeness (QED) is 0.866. The molecule has 3 rings (SSSR count). The Morgan fingerprint density at radius 1 is 1.08 bits per heavy atom. The Balaban J connectivity index is 1.73. The van der Waals surface area contributed by atoms with Crippen molar-refractivity contribution < 1.29 is 19.0 Å². The van der Waals surface area contributed by atoms with Gasteiger partial charge in [-0.1, -0.05) is 18.2 Å². The van der Waals surface area contributed by atoms with Gasteiger partial charge in [0, 0.05) is 12.1 Å². The van der Waals surface area contributed by atoms with Crippen molar-refractivity contribution in [1.29, 1.82) is 0 Å². The van der Waals surface area contributed by atoms with Crippen LogP contribution < -0.4 is 9.47 Å². The summed E-state index contributed by atoms with van der Waals surface area (Å²) in [7, 11) is 3.23.